The first-order valence-electron chi connectivity index (χ1n) is 5.82. The van der Waals surface area contributed by atoms with Crippen LogP contribution < -0.4 is 0 Å². The van der Waals surface area contributed by atoms with Crippen molar-refractivity contribution in [3.05, 3.63) is 24.5 Å². The van der Waals surface area contributed by atoms with Crippen molar-refractivity contribution >= 4 is 10.0 Å². The van der Waals surface area contributed by atoms with E-state index in [9.17, 15) is 21.6 Å². The molecule has 19 heavy (non-hydrogen) atoms. The number of pyridine rings is 1. The molecular formula is C11H13F3N2O2S. The lowest BCUT2D eigenvalue weighted by Crippen LogP contribution is -2.51. The van der Waals surface area contributed by atoms with Crippen molar-refractivity contribution in [2.75, 3.05) is 6.54 Å². The summed E-state index contributed by atoms with van der Waals surface area (Å²) < 4.78 is 63.8. The molecule has 8 heteroatoms. The Morgan fingerprint density at radius 2 is 2.05 bits per heavy atom. The molecule has 0 saturated carbocycles. The summed E-state index contributed by atoms with van der Waals surface area (Å²) in [7, 11) is -4.14. The molecule has 0 bridgehead atoms. The Morgan fingerprint density at radius 1 is 1.32 bits per heavy atom. The molecule has 2 heterocycles. The molecule has 1 aromatic heterocycles. The van der Waals surface area contributed by atoms with Crippen LogP contribution in [0.15, 0.2) is 29.4 Å². The number of piperidine rings is 1. The van der Waals surface area contributed by atoms with E-state index in [-0.39, 0.29) is 17.9 Å². The van der Waals surface area contributed by atoms with Gasteiger partial charge in [-0.05, 0) is 25.0 Å². The summed E-state index contributed by atoms with van der Waals surface area (Å²) in [6.45, 7) is -0.110. The summed E-state index contributed by atoms with van der Waals surface area (Å²) in [5, 5.41) is 0. The van der Waals surface area contributed by atoms with Gasteiger partial charge in [-0.3, -0.25) is 4.98 Å². The highest BCUT2D eigenvalue weighted by Gasteiger charge is 2.49. The quantitative estimate of drug-likeness (QED) is 0.840. The van der Waals surface area contributed by atoms with Crippen molar-refractivity contribution in [3.63, 3.8) is 0 Å². The Labute approximate surface area is 109 Å². The van der Waals surface area contributed by atoms with E-state index < -0.39 is 22.2 Å². The Balaban J connectivity index is 2.38. The van der Waals surface area contributed by atoms with Gasteiger partial charge in [-0.1, -0.05) is 6.42 Å². The molecular weight excluding hydrogens is 281 g/mol. The van der Waals surface area contributed by atoms with Crippen LogP contribution in [0.2, 0.25) is 0 Å². The third kappa shape index (κ3) is 2.89. The first-order chi connectivity index (χ1) is 8.83. The predicted molar refractivity (Wildman–Crippen MR) is 61.8 cm³/mol. The maximum Gasteiger partial charge on any atom is 0.405 e. The summed E-state index contributed by atoms with van der Waals surface area (Å²) in [6.07, 6.45) is -1.48. The number of nitrogens with zero attached hydrogens (tertiary/aromatic N) is 2. The van der Waals surface area contributed by atoms with Gasteiger partial charge in [0.2, 0.25) is 10.0 Å². The van der Waals surface area contributed by atoms with E-state index in [0.29, 0.717) is 17.1 Å². The van der Waals surface area contributed by atoms with Crippen LogP contribution in [0.5, 0.6) is 0 Å². The molecule has 1 aliphatic rings. The molecule has 0 spiro atoms. The Bertz CT molecular complexity index is 531. The van der Waals surface area contributed by atoms with Crippen LogP contribution in [0.1, 0.15) is 19.3 Å². The van der Waals surface area contributed by atoms with Gasteiger partial charge in [0, 0.05) is 18.9 Å². The van der Waals surface area contributed by atoms with Crippen LogP contribution >= 0.6 is 0 Å². The molecule has 1 aromatic rings. The molecule has 0 radical (unpaired) electrons. The molecule has 1 saturated heterocycles. The van der Waals surface area contributed by atoms with Crippen molar-refractivity contribution in [3.8, 4) is 0 Å². The van der Waals surface area contributed by atoms with E-state index in [1.165, 1.54) is 18.3 Å². The van der Waals surface area contributed by atoms with Gasteiger partial charge in [-0.25, -0.2) is 8.42 Å². The molecule has 1 unspecified atom stereocenters. The van der Waals surface area contributed by atoms with E-state index in [2.05, 4.69) is 4.98 Å². The average Bonchev–Trinajstić information content (AvgIpc) is 2.39. The van der Waals surface area contributed by atoms with Gasteiger partial charge < -0.3 is 0 Å². The summed E-state index contributed by atoms with van der Waals surface area (Å²) in [4.78, 5) is 3.44. The second kappa shape index (κ2) is 5.09. The average molecular weight is 294 g/mol. The van der Waals surface area contributed by atoms with E-state index in [4.69, 9.17) is 0 Å². The second-order valence-corrected chi connectivity index (χ2v) is 6.25. The first-order valence-corrected chi connectivity index (χ1v) is 7.26. The van der Waals surface area contributed by atoms with Crippen molar-refractivity contribution < 1.29 is 21.6 Å². The van der Waals surface area contributed by atoms with Gasteiger partial charge >= 0.3 is 6.18 Å². The van der Waals surface area contributed by atoms with Crippen LogP contribution in [0.3, 0.4) is 0 Å². The minimum atomic E-state index is -4.55. The Hall–Kier alpha value is -1.15. The Morgan fingerprint density at radius 3 is 2.63 bits per heavy atom. The third-order valence-corrected chi connectivity index (χ3v) is 4.96. The number of sulfonamides is 1. The molecule has 0 N–H and O–H groups in total. The predicted octanol–water partition coefficient (Wildman–Crippen LogP) is 2.19. The fraction of sp³-hybridized carbons (Fsp3) is 0.545. The van der Waals surface area contributed by atoms with E-state index in [1.54, 1.807) is 0 Å². The lowest BCUT2D eigenvalue weighted by molar-refractivity contribution is -0.177. The minimum Gasteiger partial charge on any atom is -0.263 e. The summed E-state index contributed by atoms with van der Waals surface area (Å²) >= 11 is 0. The zero-order valence-electron chi connectivity index (χ0n) is 9.97. The van der Waals surface area contributed by atoms with Crippen LogP contribution in [0.4, 0.5) is 13.2 Å². The first kappa shape index (κ1) is 14.3. The summed E-state index contributed by atoms with van der Waals surface area (Å²) in [6, 6.07) is 0.704. The van der Waals surface area contributed by atoms with Crippen LogP contribution in [-0.2, 0) is 10.0 Å². The highest BCUT2D eigenvalue weighted by atomic mass is 32.2. The minimum absolute atomic E-state index is 0.110. The molecule has 2 rings (SSSR count). The molecule has 4 nitrogen and oxygen atoms in total. The van der Waals surface area contributed by atoms with Crippen LogP contribution in [-0.4, -0.2) is 36.5 Å². The van der Waals surface area contributed by atoms with Crippen LogP contribution in [0.25, 0.3) is 0 Å². The van der Waals surface area contributed by atoms with Gasteiger partial charge in [-0.2, -0.15) is 17.5 Å². The monoisotopic (exact) mass is 294 g/mol. The second-order valence-electron chi connectivity index (χ2n) is 4.36. The van der Waals surface area contributed by atoms with E-state index in [0.717, 1.165) is 6.20 Å². The molecule has 0 aromatic carbocycles. The lowest BCUT2D eigenvalue weighted by Gasteiger charge is -2.35. The smallest absolute Gasteiger partial charge is 0.263 e. The van der Waals surface area contributed by atoms with Gasteiger partial charge in [0.05, 0.1) is 0 Å². The lowest BCUT2D eigenvalue weighted by atomic mass is 10.1. The SMILES string of the molecule is O=S(=O)(c1cccnc1)N1CCCCC1C(F)(F)F. The number of halogens is 3. The number of hydrogen-bond donors (Lipinski definition) is 0. The third-order valence-electron chi connectivity index (χ3n) is 3.07. The zero-order valence-corrected chi connectivity index (χ0v) is 10.8. The number of hydrogen-bond acceptors (Lipinski definition) is 3. The largest absolute Gasteiger partial charge is 0.405 e. The fourth-order valence-electron chi connectivity index (χ4n) is 2.15. The normalized spacial score (nSPS) is 22.4. The topological polar surface area (TPSA) is 50.3 Å². The number of rotatable bonds is 2. The Kier molecular flexibility index (Phi) is 3.82. The standard InChI is InChI=1S/C11H13F3N2O2S/c12-11(13,14)10-5-1-2-7-16(10)19(17,18)9-4-3-6-15-8-9/h3-4,6,8,10H,1-2,5,7H2. The molecule has 1 aliphatic heterocycles. The maximum absolute atomic E-state index is 12.9. The molecule has 0 aliphatic carbocycles. The highest BCUT2D eigenvalue weighted by molar-refractivity contribution is 7.89. The van der Waals surface area contributed by atoms with E-state index in [1.807, 2.05) is 0 Å². The molecule has 1 atom stereocenters. The van der Waals surface area contributed by atoms with Gasteiger partial charge in [0.15, 0.2) is 0 Å². The van der Waals surface area contributed by atoms with Crippen molar-refractivity contribution in [1.29, 1.82) is 0 Å². The van der Waals surface area contributed by atoms with Crippen molar-refractivity contribution in [2.45, 2.75) is 36.4 Å². The van der Waals surface area contributed by atoms with Crippen molar-refractivity contribution in [2.24, 2.45) is 0 Å². The van der Waals surface area contributed by atoms with Gasteiger partial charge in [0.25, 0.3) is 0 Å². The molecule has 0 amide bonds. The molecule has 1 fully saturated rings. The zero-order chi connectivity index (χ0) is 14.1. The number of alkyl halides is 3. The summed E-state index contributed by atoms with van der Waals surface area (Å²) in [5.74, 6) is 0. The van der Waals surface area contributed by atoms with Gasteiger partial charge in [0.1, 0.15) is 10.9 Å². The van der Waals surface area contributed by atoms with Gasteiger partial charge in [-0.15, -0.1) is 0 Å². The van der Waals surface area contributed by atoms with E-state index >= 15 is 0 Å². The maximum atomic E-state index is 12.9. The molecule has 106 valence electrons. The highest BCUT2D eigenvalue weighted by Crippen LogP contribution is 2.35. The number of aromatic nitrogens is 1. The fourth-order valence-corrected chi connectivity index (χ4v) is 3.80. The summed E-state index contributed by atoms with van der Waals surface area (Å²) in [5.41, 5.74) is 0. The van der Waals surface area contributed by atoms with Crippen molar-refractivity contribution in [1.82, 2.24) is 9.29 Å². The van der Waals surface area contributed by atoms with Crippen LogP contribution in [0, 0.1) is 0 Å².